The van der Waals surface area contributed by atoms with Crippen molar-refractivity contribution in [2.24, 2.45) is 0 Å². The van der Waals surface area contributed by atoms with E-state index >= 15 is 0 Å². The summed E-state index contributed by atoms with van der Waals surface area (Å²) < 4.78 is 15.4. The summed E-state index contributed by atoms with van der Waals surface area (Å²) in [5.74, 6) is 0.447. The Hall–Kier alpha value is -2.07. The number of aryl methyl sites for hydroxylation is 1. The number of hydrogen-bond acceptors (Lipinski definition) is 2. The van der Waals surface area contributed by atoms with Gasteiger partial charge in [-0.2, -0.15) is 0 Å². The summed E-state index contributed by atoms with van der Waals surface area (Å²) in [7, 11) is 0. The van der Waals surface area contributed by atoms with E-state index in [1.165, 1.54) is 18.2 Å². The quantitative estimate of drug-likeness (QED) is 0.767. The van der Waals surface area contributed by atoms with Gasteiger partial charge in [-0.05, 0) is 36.8 Å². The Morgan fingerprint density at radius 3 is 2.76 bits per heavy atom. The first kappa shape index (κ1) is 13.9. The second-order valence-electron chi connectivity index (χ2n) is 4.89. The highest BCUT2D eigenvalue weighted by Gasteiger charge is 2.13. The number of nitrogens with zero attached hydrogens (tertiary/aromatic N) is 2. The predicted octanol–water partition coefficient (Wildman–Crippen LogP) is 4.61. The minimum atomic E-state index is -0.307. The fourth-order valence-electron chi connectivity index (χ4n) is 2.42. The molecular weight excluding hydrogens is 291 g/mol. The van der Waals surface area contributed by atoms with Gasteiger partial charge in [-0.25, -0.2) is 9.37 Å². The minimum Gasteiger partial charge on any atom is -0.506 e. The van der Waals surface area contributed by atoms with Gasteiger partial charge in [0.05, 0.1) is 16.1 Å². The van der Waals surface area contributed by atoms with E-state index in [1.807, 2.05) is 4.57 Å². The third-order valence-electron chi connectivity index (χ3n) is 3.36. The van der Waals surface area contributed by atoms with Crippen LogP contribution in [0.1, 0.15) is 13.3 Å². The Labute approximate surface area is 126 Å². The van der Waals surface area contributed by atoms with Crippen LogP contribution in [0.2, 0.25) is 5.02 Å². The van der Waals surface area contributed by atoms with Gasteiger partial charge >= 0.3 is 0 Å². The number of aromatic nitrogens is 2. The Morgan fingerprint density at radius 1 is 1.24 bits per heavy atom. The van der Waals surface area contributed by atoms with Crippen LogP contribution in [-0.4, -0.2) is 14.7 Å². The van der Waals surface area contributed by atoms with Gasteiger partial charge in [-0.3, -0.25) is 0 Å². The summed E-state index contributed by atoms with van der Waals surface area (Å²) in [5.41, 5.74) is 2.29. The molecule has 0 radical (unpaired) electrons. The molecule has 3 nitrogen and oxygen atoms in total. The van der Waals surface area contributed by atoms with E-state index in [0.29, 0.717) is 5.52 Å². The molecule has 0 spiro atoms. The van der Waals surface area contributed by atoms with Gasteiger partial charge in [0.1, 0.15) is 17.4 Å². The Bertz CT molecular complexity index is 813. The topological polar surface area (TPSA) is 38.0 Å². The number of rotatable bonds is 3. The zero-order valence-corrected chi connectivity index (χ0v) is 12.2. The lowest BCUT2D eigenvalue weighted by Crippen LogP contribution is -1.99. The minimum absolute atomic E-state index is 0.0320. The first-order chi connectivity index (χ1) is 10.1. The normalized spacial score (nSPS) is 11.2. The number of halogens is 2. The molecule has 3 rings (SSSR count). The predicted molar refractivity (Wildman–Crippen MR) is 82.1 cm³/mol. The van der Waals surface area contributed by atoms with Crippen molar-refractivity contribution in [2.45, 2.75) is 19.9 Å². The largest absolute Gasteiger partial charge is 0.506 e. The fourth-order valence-corrected chi connectivity index (χ4v) is 2.60. The highest BCUT2D eigenvalue weighted by molar-refractivity contribution is 6.32. The number of aromatic hydroxyl groups is 1. The molecule has 1 aromatic heterocycles. The van der Waals surface area contributed by atoms with Gasteiger partial charge in [0.2, 0.25) is 0 Å². The van der Waals surface area contributed by atoms with Crippen LogP contribution in [0, 0.1) is 5.82 Å². The molecule has 0 saturated heterocycles. The first-order valence-corrected chi connectivity index (χ1v) is 7.12. The number of phenols is 1. The van der Waals surface area contributed by atoms with Crippen molar-refractivity contribution in [3.63, 3.8) is 0 Å². The summed E-state index contributed by atoms with van der Waals surface area (Å²) in [6.45, 7) is 2.85. The smallest absolute Gasteiger partial charge is 0.141 e. The van der Waals surface area contributed by atoms with Gasteiger partial charge in [-0.15, -0.1) is 0 Å². The van der Waals surface area contributed by atoms with Crippen LogP contribution in [0.4, 0.5) is 4.39 Å². The summed E-state index contributed by atoms with van der Waals surface area (Å²) in [4.78, 5) is 4.52. The molecule has 21 heavy (non-hydrogen) atoms. The summed E-state index contributed by atoms with van der Waals surface area (Å²) in [5, 5.41) is 9.80. The third kappa shape index (κ3) is 2.47. The molecule has 3 aromatic rings. The lowest BCUT2D eigenvalue weighted by molar-refractivity contribution is 0.475. The van der Waals surface area contributed by atoms with Crippen molar-refractivity contribution in [3.8, 4) is 17.1 Å². The first-order valence-electron chi connectivity index (χ1n) is 6.75. The van der Waals surface area contributed by atoms with Crippen LogP contribution in [0.3, 0.4) is 0 Å². The second-order valence-corrected chi connectivity index (χ2v) is 5.29. The average molecular weight is 305 g/mol. The van der Waals surface area contributed by atoms with E-state index in [4.69, 9.17) is 11.6 Å². The Kier molecular flexibility index (Phi) is 3.55. The maximum atomic E-state index is 13.4. The molecular formula is C16H14ClFN2O. The van der Waals surface area contributed by atoms with Crippen LogP contribution in [0.25, 0.3) is 22.4 Å². The van der Waals surface area contributed by atoms with E-state index in [2.05, 4.69) is 11.9 Å². The number of phenolic OH excluding ortho intramolecular Hbond substituents is 1. The van der Waals surface area contributed by atoms with E-state index in [0.717, 1.165) is 29.9 Å². The van der Waals surface area contributed by atoms with E-state index in [1.54, 1.807) is 18.2 Å². The van der Waals surface area contributed by atoms with Crippen molar-refractivity contribution >= 4 is 22.6 Å². The molecule has 1 N–H and O–H groups in total. The summed E-state index contributed by atoms with van der Waals surface area (Å²) in [6, 6.07) is 9.55. The maximum Gasteiger partial charge on any atom is 0.141 e. The molecule has 0 aliphatic heterocycles. The van der Waals surface area contributed by atoms with E-state index in [9.17, 15) is 9.50 Å². The van der Waals surface area contributed by atoms with Gasteiger partial charge in [0.15, 0.2) is 0 Å². The number of fused-ring (bicyclic) bond motifs is 1. The second kappa shape index (κ2) is 5.37. The van der Waals surface area contributed by atoms with Crippen molar-refractivity contribution in [2.75, 3.05) is 0 Å². The van der Waals surface area contributed by atoms with Crippen molar-refractivity contribution in [1.29, 1.82) is 0 Å². The molecule has 0 aliphatic carbocycles. The van der Waals surface area contributed by atoms with Crippen LogP contribution in [0.15, 0.2) is 36.4 Å². The zero-order valence-electron chi connectivity index (χ0n) is 11.5. The molecule has 0 atom stereocenters. The van der Waals surface area contributed by atoms with Gasteiger partial charge in [-0.1, -0.05) is 18.5 Å². The van der Waals surface area contributed by atoms with E-state index < -0.39 is 0 Å². The van der Waals surface area contributed by atoms with Gasteiger partial charge < -0.3 is 9.67 Å². The van der Waals surface area contributed by atoms with Crippen molar-refractivity contribution in [1.82, 2.24) is 9.55 Å². The Morgan fingerprint density at radius 2 is 2.05 bits per heavy atom. The van der Waals surface area contributed by atoms with Crippen molar-refractivity contribution < 1.29 is 9.50 Å². The molecule has 1 heterocycles. The Balaban J connectivity index is 2.24. The van der Waals surface area contributed by atoms with Gasteiger partial charge in [0.25, 0.3) is 0 Å². The molecule has 0 amide bonds. The zero-order chi connectivity index (χ0) is 15.0. The average Bonchev–Trinajstić information content (AvgIpc) is 2.80. The lowest BCUT2D eigenvalue weighted by atomic mass is 10.2. The van der Waals surface area contributed by atoms with Crippen molar-refractivity contribution in [3.05, 3.63) is 47.2 Å². The number of imidazole rings is 1. The highest BCUT2D eigenvalue weighted by Crippen LogP contribution is 2.31. The molecule has 2 aromatic carbocycles. The molecule has 0 bridgehead atoms. The highest BCUT2D eigenvalue weighted by atomic mass is 35.5. The molecule has 5 heteroatoms. The summed E-state index contributed by atoms with van der Waals surface area (Å²) >= 11 is 5.97. The van der Waals surface area contributed by atoms with Gasteiger partial charge in [0, 0.05) is 18.2 Å². The molecule has 0 fully saturated rings. The standard InChI is InChI=1S/C16H14ClFN2O/c1-2-7-20-14-5-4-11(18)9-13(14)19-16(20)10-3-6-15(21)12(17)8-10/h3-6,8-9,21H,2,7H2,1H3. The molecule has 0 unspecified atom stereocenters. The molecule has 0 aliphatic rings. The SMILES string of the molecule is CCCn1c(-c2ccc(O)c(Cl)c2)nc2cc(F)ccc21. The van der Waals surface area contributed by atoms with Crippen LogP contribution >= 0.6 is 11.6 Å². The van der Waals surface area contributed by atoms with Crippen LogP contribution < -0.4 is 0 Å². The number of hydrogen-bond donors (Lipinski definition) is 1. The lowest BCUT2D eigenvalue weighted by Gasteiger charge is -2.08. The monoisotopic (exact) mass is 304 g/mol. The van der Waals surface area contributed by atoms with Crippen LogP contribution in [-0.2, 0) is 6.54 Å². The molecule has 0 saturated carbocycles. The number of benzene rings is 2. The van der Waals surface area contributed by atoms with Crippen LogP contribution in [0.5, 0.6) is 5.75 Å². The maximum absolute atomic E-state index is 13.4. The summed E-state index contributed by atoms with van der Waals surface area (Å²) in [6.07, 6.45) is 0.932. The van der Waals surface area contributed by atoms with E-state index in [-0.39, 0.29) is 16.6 Å². The fraction of sp³-hybridized carbons (Fsp3) is 0.188. The molecule has 108 valence electrons. The third-order valence-corrected chi connectivity index (χ3v) is 3.67.